The van der Waals surface area contributed by atoms with Gasteiger partial charge in [0.15, 0.2) is 0 Å². The van der Waals surface area contributed by atoms with Gasteiger partial charge in [0.2, 0.25) is 15.9 Å². The zero-order valence-electron chi connectivity index (χ0n) is 17.5. The van der Waals surface area contributed by atoms with Crippen LogP contribution in [0, 0.1) is 12.7 Å². The topological polar surface area (TPSA) is 84.3 Å². The predicted molar refractivity (Wildman–Crippen MR) is 118 cm³/mol. The van der Waals surface area contributed by atoms with E-state index >= 15 is 0 Å². The first kappa shape index (κ1) is 22.5. The molecule has 1 heterocycles. The molecule has 0 aliphatic heterocycles. The second-order valence-corrected chi connectivity index (χ2v) is 9.11. The third-order valence-corrected chi connectivity index (χ3v) is 6.00. The van der Waals surface area contributed by atoms with Crippen molar-refractivity contribution in [3.05, 3.63) is 78.1 Å². The predicted octanol–water partition coefficient (Wildman–Crippen LogP) is 3.18. The number of amides is 1. The SMILES string of the molecule is Cc1nccn1-c1ccc(CNC(=O)CCCN(c2ccc(F)cc2)S(C)(=O)=O)cc1. The Balaban J connectivity index is 1.49. The number of sulfonamides is 1. The number of rotatable bonds is 9. The van der Waals surface area contributed by atoms with E-state index in [0.29, 0.717) is 18.7 Å². The number of carbonyl (C=O) groups excluding carboxylic acids is 1. The normalized spacial score (nSPS) is 11.3. The molecule has 0 saturated heterocycles. The molecule has 164 valence electrons. The molecule has 0 bridgehead atoms. The molecule has 31 heavy (non-hydrogen) atoms. The van der Waals surface area contributed by atoms with Gasteiger partial charge in [-0.05, 0) is 55.3 Å². The van der Waals surface area contributed by atoms with Gasteiger partial charge in [0.1, 0.15) is 11.6 Å². The van der Waals surface area contributed by atoms with Crippen molar-refractivity contribution < 1.29 is 17.6 Å². The molecule has 1 N–H and O–H groups in total. The van der Waals surface area contributed by atoms with E-state index in [1.807, 2.05) is 42.0 Å². The zero-order valence-corrected chi connectivity index (χ0v) is 18.3. The number of nitrogens with one attached hydrogen (secondary N) is 1. The summed E-state index contributed by atoms with van der Waals surface area (Å²) in [5.41, 5.74) is 2.32. The van der Waals surface area contributed by atoms with E-state index in [9.17, 15) is 17.6 Å². The highest BCUT2D eigenvalue weighted by molar-refractivity contribution is 7.92. The van der Waals surface area contributed by atoms with E-state index < -0.39 is 15.8 Å². The highest BCUT2D eigenvalue weighted by Crippen LogP contribution is 2.18. The number of halogens is 1. The molecular formula is C22H25FN4O3S. The fraction of sp³-hybridized carbons (Fsp3) is 0.273. The Morgan fingerprint density at radius 2 is 1.81 bits per heavy atom. The smallest absolute Gasteiger partial charge is 0.232 e. The Bertz CT molecular complexity index is 1130. The fourth-order valence-electron chi connectivity index (χ4n) is 3.19. The third-order valence-electron chi connectivity index (χ3n) is 4.81. The first-order valence-corrected chi connectivity index (χ1v) is 11.7. The Hall–Kier alpha value is -3.20. The van der Waals surface area contributed by atoms with Crippen LogP contribution in [0.1, 0.15) is 24.2 Å². The maximum atomic E-state index is 13.1. The van der Waals surface area contributed by atoms with Crippen molar-refractivity contribution in [1.82, 2.24) is 14.9 Å². The molecule has 3 rings (SSSR count). The van der Waals surface area contributed by atoms with Crippen molar-refractivity contribution >= 4 is 21.6 Å². The summed E-state index contributed by atoms with van der Waals surface area (Å²) in [6, 6.07) is 13.0. The van der Waals surface area contributed by atoms with Gasteiger partial charge in [0.05, 0.1) is 11.9 Å². The second kappa shape index (κ2) is 9.74. The molecule has 0 aliphatic carbocycles. The number of carbonyl (C=O) groups is 1. The lowest BCUT2D eigenvalue weighted by atomic mass is 10.2. The molecule has 0 atom stereocenters. The molecule has 7 nitrogen and oxygen atoms in total. The molecular weight excluding hydrogens is 419 g/mol. The van der Waals surface area contributed by atoms with Crippen LogP contribution in [0.2, 0.25) is 0 Å². The highest BCUT2D eigenvalue weighted by Gasteiger charge is 2.17. The highest BCUT2D eigenvalue weighted by atomic mass is 32.2. The van der Waals surface area contributed by atoms with Crippen LogP contribution in [-0.4, -0.2) is 36.7 Å². The van der Waals surface area contributed by atoms with Gasteiger partial charge in [-0.15, -0.1) is 0 Å². The molecule has 0 fully saturated rings. The van der Waals surface area contributed by atoms with Crippen LogP contribution in [0.15, 0.2) is 60.9 Å². The first-order valence-electron chi connectivity index (χ1n) is 9.83. The Morgan fingerprint density at radius 3 is 2.39 bits per heavy atom. The van der Waals surface area contributed by atoms with Gasteiger partial charge in [0, 0.05) is 37.6 Å². The largest absolute Gasteiger partial charge is 0.352 e. The number of aryl methyl sites for hydroxylation is 1. The number of aromatic nitrogens is 2. The van der Waals surface area contributed by atoms with Gasteiger partial charge in [-0.2, -0.15) is 0 Å². The van der Waals surface area contributed by atoms with Crippen LogP contribution >= 0.6 is 0 Å². The van der Waals surface area contributed by atoms with Crippen molar-refractivity contribution in [1.29, 1.82) is 0 Å². The van der Waals surface area contributed by atoms with Crippen molar-refractivity contribution in [2.45, 2.75) is 26.3 Å². The summed E-state index contributed by atoms with van der Waals surface area (Å²) < 4.78 is 40.4. The summed E-state index contributed by atoms with van der Waals surface area (Å²) in [6.07, 6.45) is 5.24. The van der Waals surface area contributed by atoms with E-state index in [-0.39, 0.29) is 18.9 Å². The number of nitrogens with zero attached hydrogens (tertiary/aromatic N) is 3. The van der Waals surface area contributed by atoms with Gasteiger partial charge in [0.25, 0.3) is 0 Å². The fourth-order valence-corrected chi connectivity index (χ4v) is 4.16. The van der Waals surface area contributed by atoms with E-state index in [1.165, 1.54) is 28.6 Å². The van der Waals surface area contributed by atoms with Crippen molar-refractivity contribution in [2.24, 2.45) is 0 Å². The van der Waals surface area contributed by atoms with Crippen molar-refractivity contribution in [3.8, 4) is 5.69 Å². The van der Waals surface area contributed by atoms with Crippen LogP contribution < -0.4 is 9.62 Å². The van der Waals surface area contributed by atoms with Crippen LogP contribution in [-0.2, 0) is 21.4 Å². The molecule has 0 radical (unpaired) electrons. The van der Waals surface area contributed by atoms with E-state index in [0.717, 1.165) is 23.3 Å². The molecule has 2 aromatic carbocycles. The lowest BCUT2D eigenvalue weighted by molar-refractivity contribution is -0.121. The minimum absolute atomic E-state index is 0.136. The van der Waals surface area contributed by atoms with E-state index in [4.69, 9.17) is 0 Å². The minimum atomic E-state index is -3.54. The molecule has 0 aliphatic rings. The molecule has 0 spiro atoms. The Kier molecular flexibility index (Phi) is 7.06. The van der Waals surface area contributed by atoms with Crippen LogP contribution in [0.25, 0.3) is 5.69 Å². The number of anilines is 1. The van der Waals surface area contributed by atoms with E-state index in [1.54, 1.807) is 6.20 Å². The van der Waals surface area contributed by atoms with Crippen LogP contribution in [0.5, 0.6) is 0 Å². The summed E-state index contributed by atoms with van der Waals surface area (Å²) in [4.78, 5) is 16.4. The number of benzene rings is 2. The summed E-state index contributed by atoms with van der Waals surface area (Å²) in [6.45, 7) is 2.45. The molecule has 9 heteroatoms. The molecule has 0 saturated carbocycles. The number of hydrogen-bond donors (Lipinski definition) is 1. The quantitative estimate of drug-likeness (QED) is 0.549. The second-order valence-electron chi connectivity index (χ2n) is 7.20. The van der Waals surface area contributed by atoms with Gasteiger partial charge in [-0.1, -0.05) is 12.1 Å². The Morgan fingerprint density at radius 1 is 1.13 bits per heavy atom. The molecule has 0 unspecified atom stereocenters. The third kappa shape index (κ3) is 6.14. The zero-order chi connectivity index (χ0) is 22.4. The Labute approximate surface area is 181 Å². The summed E-state index contributed by atoms with van der Waals surface area (Å²) in [5.74, 6) is 0.289. The van der Waals surface area contributed by atoms with Gasteiger partial charge in [-0.3, -0.25) is 9.10 Å². The van der Waals surface area contributed by atoms with Crippen molar-refractivity contribution in [3.63, 3.8) is 0 Å². The van der Waals surface area contributed by atoms with Crippen LogP contribution in [0.4, 0.5) is 10.1 Å². The first-order chi connectivity index (χ1) is 14.7. The van der Waals surface area contributed by atoms with Gasteiger partial charge >= 0.3 is 0 Å². The minimum Gasteiger partial charge on any atom is -0.352 e. The number of hydrogen-bond acceptors (Lipinski definition) is 4. The molecule has 1 aromatic heterocycles. The molecule has 1 amide bonds. The maximum Gasteiger partial charge on any atom is 0.232 e. The monoisotopic (exact) mass is 444 g/mol. The van der Waals surface area contributed by atoms with Gasteiger partial charge in [-0.25, -0.2) is 17.8 Å². The lowest BCUT2D eigenvalue weighted by Crippen LogP contribution is -2.32. The maximum absolute atomic E-state index is 13.1. The standard InChI is InChI=1S/C22H25FN4O3S/c1-17-24-13-15-26(17)20-9-5-18(6-10-20)16-25-22(28)4-3-14-27(31(2,29)30)21-11-7-19(23)8-12-21/h5-13,15H,3-4,14,16H2,1-2H3,(H,25,28). The summed E-state index contributed by atoms with van der Waals surface area (Å²) in [5, 5.41) is 2.85. The summed E-state index contributed by atoms with van der Waals surface area (Å²) >= 11 is 0. The number of imidazole rings is 1. The lowest BCUT2D eigenvalue weighted by Gasteiger charge is -2.22. The van der Waals surface area contributed by atoms with E-state index in [2.05, 4.69) is 10.3 Å². The molecule has 3 aromatic rings. The average molecular weight is 445 g/mol. The van der Waals surface area contributed by atoms with Gasteiger partial charge < -0.3 is 9.88 Å². The van der Waals surface area contributed by atoms with Crippen molar-refractivity contribution in [2.75, 3.05) is 17.1 Å². The summed E-state index contributed by atoms with van der Waals surface area (Å²) in [7, 11) is -3.54. The van der Waals surface area contributed by atoms with Crippen LogP contribution in [0.3, 0.4) is 0 Å². The average Bonchev–Trinajstić information content (AvgIpc) is 3.16.